The average Bonchev–Trinajstić information content (AvgIpc) is 2.94. The second-order valence-electron chi connectivity index (χ2n) is 5.41. The second kappa shape index (κ2) is 5.52. The first-order valence-corrected chi connectivity index (χ1v) is 7.12. The van der Waals surface area contributed by atoms with E-state index in [2.05, 4.69) is 19.1 Å². The molecule has 3 heteroatoms. The van der Waals surface area contributed by atoms with Gasteiger partial charge in [-0.15, -0.1) is 0 Å². The van der Waals surface area contributed by atoms with Crippen molar-refractivity contribution >= 4 is 11.7 Å². The first-order valence-electron chi connectivity index (χ1n) is 7.12. The first-order chi connectivity index (χ1) is 10.1. The Morgan fingerprint density at radius 1 is 1.05 bits per heavy atom. The van der Waals surface area contributed by atoms with Gasteiger partial charge in [0, 0.05) is 18.5 Å². The van der Waals surface area contributed by atoms with E-state index in [1.165, 1.54) is 11.1 Å². The number of hydrogen-bond acceptors (Lipinski definition) is 2. The summed E-state index contributed by atoms with van der Waals surface area (Å²) in [5.74, 6) is 0.0806. The van der Waals surface area contributed by atoms with Crippen molar-refractivity contribution in [2.24, 2.45) is 0 Å². The normalized spacial score (nSPS) is 14.5. The molecule has 106 valence electrons. The Balaban J connectivity index is 1.83. The number of amides is 1. The Hall–Kier alpha value is -2.42. The first kappa shape index (κ1) is 13.6. The molecule has 3 nitrogen and oxygen atoms in total. The predicted molar refractivity (Wildman–Crippen MR) is 82.1 cm³/mol. The number of carbonyl (C=O) groups excluding carboxylic acids is 2. The highest BCUT2D eigenvalue weighted by Crippen LogP contribution is 2.23. The number of hydrogen-bond donors (Lipinski definition) is 0. The smallest absolute Gasteiger partial charge is 0.254 e. The molecular formula is C18H17NO2. The lowest BCUT2D eigenvalue weighted by Gasteiger charge is -2.14. The summed E-state index contributed by atoms with van der Waals surface area (Å²) in [6.45, 7) is 2.86. The van der Waals surface area contributed by atoms with Crippen LogP contribution in [0.5, 0.6) is 0 Å². The molecule has 21 heavy (non-hydrogen) atoms. The van der Waals surface area contributed by atoms with Gasteiger partial charge in [0.2, 0.25) is 0 Å². The molecule has 1 aliphatic heterocycles. The lowest BCUT2D eigenvalue weighted by atomic mass is 9.99. The summed E-state index contributed by atoms with van der Waals surface area (Å²) < 4.78 is 0. The monoisotopic (exact) mass is 279 g/mol. The van der Waals surface area contributed by atoms with Gasteiger partial charge in [-0.2, -0.15) is 0 Å². The zero-order chi connectivity index (χ0) is 14.8. The molecule has 1 aliphatic rings. The third kappa shape index (κ3) is 2.72. The zero-order valence-electron chi connectivity index (χ0n) is 12.0. The Morgan fingerprint density at radius 2 is 1.76 bits per heavy atom. The maximum atomic E-state index is 12.3. The molecule has 0 bridgehead atoms. The van der Waals surface area contributed by atoms with Crippen molar-refractivity contribution in [3.63, 3.8) is 0 Å². The van der Waals surface area contributed by atoms with Crippen LogP contribution >= 0.6 is 0 Å². The van der Waals surface area contributed by atoms with Gasteiger partial charge in [-0.05, 0) is 35.7 Å². The SMILES string of the molecule is Cc1ccccc1-c1ccc(C(=O)N2CCC(=O)C2)cc1. The molecule has 1 saturated heterocycles. The van der Waals surface area contributed by atoms with Crippen molar-refractivity contribution in [1.29, 1.82) is 0 Å². The van der Waals surface area contributed by atoms with Crippen LogP contribution in [0, 0.1) is 6.92 Å². The highest BCUT2D eigenvalue weighted by atomic mass is 16.2. The number of nitrogens with zero attached hydrogens (tertiary/aromatic N) is 1. The van der Waals surface area contributed by atoms with Crippen molar-refractivity contribution in [2.45, 2.75) is 13.3 Å². The van der Waals surface area contributed by atoms with Crippen LogP contribution in [0.15, 0.2) is 48.5 Å². The molecule has 0 N–H and O–H groups in total. The summed E-state index contributed by atoms with van der Waals surface area (Å²) in [5.41, 5.74) is 4.12. The molecular weight excluding hydrogens is 262 g/mol. The van der Waals surface area contributed by atoms with Crippen LogP contribution in [0.25, 0.3) is 11.1 Å². The highest BCUT2D eigenvalue weighted by molar-refractivity contribution is 5.98. The van der Waals surface area contributed by atoms with Crippen LogP contribution < -0.4 is 0 Å². The highest BCUT2D eigenvalue weighted by Gasteiger charge is 2.24. The van der Waals surface area contributed by atoms with Gasteiger partial charge >= 0.3 is 0 Å². The van der Waals surface area contributed by atoms with E-state index < -0.39 is 0 Å². The Morgan fingerprint density at radius 3 is 2.38 bits per heavy atom. The van der Waals surface area contributed by atoms with Gasteiger partial charge < -0.3 is 4.90 Å². The molecule has 0 aromatic heterocycles. The molecule has 0 unspecified atom stereocenters. The van der Waals surface area contributed by atoms with Gasteiger partial charge in [0.05, 0.1) is 6.54 Å². The summed E-state index contributed by atoms with van der Waals surface area (Å²) in [6.07, 6.45) is 0.479. The molecule has 1 fully saturated rings. The number of benzene rings is 2. The van der Waals surface area contributed by atoms with E-state index in [1.54, 1.807) is 4.90 Å². The lowest BCUT2D eigenvalue weighted by molar-refractivity contribution is -0.116. The zero-order valence-corrected chi connectivity index (χ0v) is 12.0. The summed E-state index contributed by atoms with van der Waals surface area (Å²) in [5, 5.41) is 0. The number of likely N-dealkylation sites (tertiary alicyclic amines) is 1. The van der Waals surface area contributed by atoms with Gasteiger partial charge in [-0.25, -0.2) is 0 Å². The van der Waals surface area contributed by atoms with E-state index in [0.717, 1.165) is 5.56 Å². The maximum Gasteiger partial charge on any atom is 0.254 e. The summed E-state index contributed by atoms with van der Waals surface area (Å²) >= 11 is 0. The van der Waals surface area contributed by atoms with Crippen LogP contribution in [0.4, 0.5) is 0 Å². The van der Waals surface area contributed by atoms with Gasteiger partial charge in [0.1, 0.15) is 0 Å². The Kier molecular flexibility index (Phi) is 3.57. The van der Waals surface area contributed by atoms with E-state index >= 15 is 0 Å². The molecule has 0 spiro atoms. The summed E-state index contributed by atoms with van der Waals surface area (Å²) in [4.78, 5) is 25.2. The van der Waals surface area contributed by atoms with Gasteiger partial charge in [-0.3, -0.25) is 9.59 Å². The summed E-state index contributed by atoms with van der Waals surface area (Å²) in [7, 11) is 0. The Labute approximate surface area is 124 Å². The van der Waals surface area contributed by atoms with E-state index in [4.69, 9.17) is 0 Å². The summed E-state index contributed by atoms with van der Waals surface area (Å²) in [6, 6.07) is 15.8. The van der Waals surface area contributed by atoms with Crippen molar-refractivity contribution in [3.8, 4) is 11.1 Å². The number of Topliss-reactive ketones (excluding diaryl/α,β-unsaturated/α-hetero) is 1. The number of carbonyl (C=O) groups is 2. The van der Waals surface area contributed by atoms with Crippen LogP contribution in [-0.2, 0) is 4.79 Å². The number of ketones is 1. The molecule has 1 amide bonds. The van der Waals surface area contributed by atoms with Gasteiger partial charge in [0.15, 0.2) is 5.78 Å². The molecule has 0 radical (unpaired) electrons. The number of aryl methyl sites for hydroxylation is 1. The largest absolute Gasteiger partial charge is 0.331 e. The molecule has 2 aromatic carbocycles. The van der Waals surface area contributed by atoms with Gasteiger partial charge in [0.25, 0.3) is 5.91 Å². The third-order valence-corrected chi connectivity index (χ3v) is 3.90. The van der Waals surface area contributed by atoms with Crippen LogP contribution in [-0.4, -0.2) is 29.7 Å². The fourth-order valence-electron chi connectivity index (χ4n) is 2.68. The fraction of sp³-hybridized carbons (Fsp3) is 0.222. The predicted octanol–water partition coefficient (Wildman–Crippen LogP) is 3.08. The van der Waals surface area contributed by atoms with Gasteiger partial charge in [-0.1, -0.05) is 36.4 Å². The van der Waals surface area contributed by atoms with E-state index in [-0.39, 0.29) is 18.2 Å². The molecule has 0 atom stereocenters. The van der Waals surface area contributed by atoms with Crippen molar-refractivity contribution < 1.29 is 9.59 Å². The van der Waals surface area contributed by atoms with Crippen molar-refractivity contribution in [1.82, 2.24) is 4.90 Å². The second-order valence-corrected chi connectivity index (χ2v) is 5.41. The molecule has 2 aromatic rings. The molecule has 3 rings (SSSR count). The quantitative estimate of drug-likeness (QED) is 0.847. The van der Waals surface area contributed by atoms with Crippen LogP contribution in [0.3, 0.4) is 0 Å². The topological polar surface area (TPSA) is 37.4 Å². The van der Waals surface area contributed by atoms with E-state index in [9.17, 15) is 9.59 Å². The maximum absolute atomic E-state index is 12.3. The minimum absolute atomic E-state index is 0.0582. The van der Waals surface area contributed by atoms with Crippen LogP contribution in [0.1, 0.15) is 22.3 Å². The van der Waals surface area contributed by atoms with Crippen molar-refractivity contribution in [2.75, 3.05) is 13.1 Å². The lowest BCUT2D eigenvalue weighted by Crippen LogP contribution is -2.28. The van der Waals surface area contributed by atoms with E-state index in [1.807, 2.05) is 36.4 Å². The third-order valence-electron chi connectivity index (χ3n) is 3.90. The fourth-order valence-corrected chi connectivity index (χ4v) is 2.68. The van der Waals surface area contributed by atoms with Crippen LogP contribution in [0.2, 0.25) is 0 Å². The minimum Gasteiger partial charge on any atom is -0.331 e. The molecule has 1 heterocycles. The van der Waals surface area contributed by atoms with Crippen molar-refractivity contribution in [3.05, 3.63) is 59.7 Å². The molecule has 0 saturated carbocycles. The standard InChI is InChI=1S/C18H17NO2/c1-13-4-2-3-5-17(13)14-6-8-15(9-7-14)18(21)19-11-10-16(20)12-19/h2-9H,10-12H2,1H3. The van der Waals surface area contributed by atoms with E-state index in [0.29, 0.717) is 18.5 Å². The number of rotatable bonds is 2. The minimum atomic E-state index is -0.0582. The average molecular weight is 279 g/mol. The molecule has 0 aliphatic carbocycles. The Bertz CT molecular complexity index is 689.